The molecule has 2 N–H and O–H groups in total. The molecule has 22 heavy (non-hydrogen) atoms. The van der Waals surface area contributed by atoms with Crippen LogP contribution >= 0.6 is 0 Å². The highest BCUT2D eigenvalue weighted by Crippen LogP contribution is 2.20. The van der Waals surface area contributed by atoms with Gasteiger partial charge in [-0.2, -0.15) is 0 Å². The van der Waals surface area contributed by atoms with Crippen LogP contribution in [0.1, 0.15) is 74.2 Å². The van der Waals surface area contributed by atoms with Crippen molar-refractivity contribution in [3.63, 3.8) is 0 Å². The van der Waals surface area contributed by atoms with Crippen LogP contribution in [0.15, 0.2) is 18.2 Å². The molecule has 0 spiro atoms. The third-order valence-electron chi connectivity index (χ3n) is 3.86. The van der Waals surface area contributed by atoms with Gasteiger partial charge in [-0.05, 0) is 24.5 Å². The van der Waals surface area contributed by atoms with Crippen molar-refractivity contribution in [2.45, 2.75) is 64.7 Å². The van der Waals surface area contributed by atoms with Gasteiger partial charge in [0.2, 0.25) is 5.91 Å². The van der Waals surface area contributed by atoms with E-state index >= 15 is 0 Å². The lowest BCUT2D eigenvalue weighted by molar-refractivity contribution is -0.384. The molecule has 0 saturated carbocycles. The molecule has 0 heterocycles. The minimum Gasteiger partial charge on any atom is -0.366 e. The minimum atomic E-state index is -0.524. The van der Waals surface area contributed by atoms with Gasteiger partial charge in [-0.15, -0.1) is 0 Å². The number of carbonyl (C=O) groups excluding carboxylic acids is 1. The van der Waals surface area contributed by atoms with E-state index in [0.29, 0.717) is 17.5 Å². The first kappa shape index (κ1) is 18.1. The second-order valence-electron chi connectivity index (χ2n) is 5.69. The van der Waals surface area contributed by atoms with Crippen molar-refractivity contribution >= 4 is 11.6 Å². The van der Waals surface area contributed by atoms with Crippen LogP contribution in [0, 0.1) is 10.1 Å². The number of hydrogen-bond donors (Lipinski definition) is 1. The van der Waals surface area contributed by atoms with Gasteiger partial charge in [0, 0.05) is 17.7 Å². The van der Waals surface area contributed by atoms with Gasteiger partial charge < -0.3 is 5.73 Å². The molecule has 1 aromatic rings. The Balaban J connectivity index is 2.45. The lowest BCUT2D eigenvalue weighted by Gasteiger charge is -2.07. The summed E-state index contributed by atoms with van der Waals surface area (Å²) in [5.74, 6) is -0.524. The second-order valence-corrected chi connectivity index (χ2v) is 5.69. The number of rotatable bonds is 11. The lowest BCUT2D eigenvalue weighted by Crippen LogP contribution is -2.14. The highest BCUT2D eigenvalue weighted by Gasteiger charge is 2.13. The topological polar surface area (TPSA) is 86.2 Å². The molecule has 122 valence electrons. The monoisotopic (exact) mass is 306 g/mol. The smallest absolute Gasteiger partial charge is 0.269 e. The average Bonchev–Trinajstić information content (AvgIpc) is 2.49. The predicted molar refractivity (Wildman–Crippen MR) is 87.9 cm³/mol. The number of nitrogens with zero attached hydrogens (tertiary/aromatic N) is 1. The fourth-order valence-electron chi connectivity index (χ4n) is 2.59. The molecule has 0 atom stereocenters. The number of nitro groups is 1. The Labute approximate surface area is 132 Å². The van der Waals surface area contributed by atoms with Gasteiger partial charge >= 0.3 is 0 Å². The Morgan fingerprint density at radius 2 is 1.68 bits per heavy atom. The van der Waals surface area contributed by atoms with Gasteiger partial charge in [0.15, 0.2) is 0 Å². The van der Waals surface area contributed by atoms with E-state index in [2.05, 4.69) is 6.92 Å². The first-order chi connectivity index (χ1) is 10.6. The molecule has 0 fully saturated rings. The van der Waals surface area contributed by atoms with Crippen molar-refractivity contribution in [1.82, 2.24) is 0 Å². The number of non-ortho nitro benzene ring substituents is 1. The first-order valence-corrected chi connectivity index (χ1v) is 8.13. The lowest BCUT2D eigenvalue weighted by atomic mass is 9.99. The Morgan fingerprint density at radius 3 is 2.23 bits per heavy atom. The molecule has 5 nitrogen and oxygen atoms in total. The number of aryl methyl sites for hydroxylation is 1. The maximum Gasteiger partial charge on any atom is 0.269 e. The third kappa shape index (κ3) is 6.24. The Kier molecular flexibility index (Phi) is 8.18. The molecule has 0 radical (unpaired) electrons. The Bertz CT molecular complexity index is 501. The predicted octanol–water partition coefficient (Wildman–Crippen LogP) is 4.38. The summed E-state index contributed by atoms with van der Waals surface area (Å²) < 4.78 is 0. The summed E-state index contributed by atoms with van der Waals surface area (Å²) in [6.07, 6.45) is 10.2. The van der Waals surface area contributed by atoms with Gasteiger partial charge in [0.1, 0.15) is 0 Å². The highest BCUT2D eigenvalue weighted by atomic mass is 16.6. The van der Waals surface area contributed by atoms with Crippen LogP contribution in [0.5, 0.6) is 0 Å². The zero-order chi connectivity index (χ0) is 16.4. The quantitative estimate of drug-likeness (QED) is 0.374. The maximum atomic E-state index is 11.4. The molecule has 0 aromatic heterocycles. The fraction of sp³-hybridized carbons (Fsp3) is 0.588. The van der Waals surface area contributed by atoms with Crippen LogP contribution in [0.2, 0.25) is 0 Å². The van der Waals surface area contributed by atoms with Gasteiger partial charge in [0.05, 0.1) is 4.92 Å². The van der Waals surface area contributed by atoms with E-state index < -0.39 is 10.8 Å². The fourth-order valence-corrected chi connectivity index (χ4v) is 2.59. The van der Waals surface area contributed by atoms with Crippen LogP contribution < -0.4 is 5.73 Å². The molecule has 1 aromatic carbocycles. The number of carbonyl (C=O) groups is 1. The van der Waals surface area contributed by atoms with Crippen molar-refractivity contribution in [3.05, 3.63) is 39.4 Å². The van der Waals surface area contributed by atoms with Crippen molar-refractivity contribution in [3.8, 4) is 0 Å². The summed E-state index contributed by atoms with van der Waals surface area (Å²) in [6.45, 7) is 2.20. The molecule has 0 unspecified atom stereocenters. The van der Waals surface area contributed by atoms with Crippen LogP contribution in [0.4, 0.5) is 5.69 Å². The number of hydrogen-bond acceptors (Lipinski definition) is 3. The largest absolute Gasteiger partial charge is 0.366 e. The number of nitro benzene ring substituents is 1. The van der Waals surface area contributed by atoms with Gasteiger partial charge in [0.25, 0.3) is 5.69 Å². The van der Waals surface area contributed by atoms with Crippen molar-refractivity contribution in [1.29, 1.82) is 0 Å². The summed E-state index contributed by atoms with van der Waals surface area (Å²) in [4.78, 5) is 21.8. The number of primary amides is 1. The highest BCUT2D eigenvalue weighted by molar-refractivity contribution is 5.94. The molecule has 0 saturated heterocycles. The zero-order valence-corrected chi connectivity index (χ0v) is 13.3. The van der Waals surface area contributed by atoms with Gasteiger partial charge in [-0.25, -0.2) is 0 Å². The van der Waals surface area contributed by atoms with E-state index in [4.69, 9.17) is 5.73 Å². The van der Waals surface area contributed by atoms with Crippen molar-refractivity contribution < 1.29 is 9.72 Å². The molecule has 0 aliphatic heterocycles. The molecular weight excluding hydrogens is 280 g/mol. The molecule has 0 aliphatic rings. The van der Waals surface area contributed by atoms with E-state index in [-0.39, 0.29) is 5.69 Å². The van der Waals surface area contributed by atoms with Gasteiger partial charge in [-0.3, -0.25) is 14.9 Å². The molecule has 5 heteroatoms. The first-order valence-electron chi connectivity index (χ1n) is 8.13. The van der Waals surface area contributed by atoms with Crippen molar-refractivity contribution in [2.24, 2.45) is 5.73 Å². The van der Waals surface area contributed by atoms with E-state index in [0.717, 1.165) is 12.8 Å². The zero-order valence-electron chi connectivity index (χ0n) is 13.3. The Morgan fingerprint density at radius 1 is 1.09 bits per heavy atom. The molecule has 0 aliphatic carbocycles. The second kappa shape index (κ2) is 9.92. The molecule has 1 rings (SSSR count). The molecule has 1 amide bonds. The minimum absolute atomic E-state index is 0.0135. The summed E-state index contributed by atoms with van der Waals surface area (Å²) in [7, 11) is 0. The summed E-state index contributed by atoms with van der Waals surface area (Å²) >= 11 is 0. The van der Waals surface area contributed by atoms with E-state index in [1.165, 1.54) is 56.7 Å². The number of amides is 1. The van der Waals surface area contributed by atoms with E-state index in [9.17, 15) is 14.9 Å². The number of unbranched alkanes of at least 4 members (excludes halogenated alkanes) is 7. The number of nitrogens with two attached hydrogens (primary N) is 1. The van der Waals surface area contributed by atoms with Crippen LogP contribution in [0.3, 0.4) is 0 Å². The standard InChI is InChI=1S/C17H26N2O3/c1-2-3-4-5-6-7-8-9-10-14-13-15(19(21)22)11-12-16(14)17(18)20/h11-13H,2-10H2,1H3,(H2,18,20). The molecule has 0 bridgehead atoms. The Hall–Kier alpha value is -1.91. The summed E-state index contributed by atoms with van der Waals surface area (Å²) in [5.41, 5.74) is 6.43. The normalized spacial score (nSPS) is 10.6. The third-order valence-corrected chi connectivity index (χ3v) is 3.86. The van der Waals surface area contributed by atoms with Crippen LogP contribution in [-0.2, 0) is 6.42 Å². The van der Waals surface area contributed by atoms with Crippen molar-refractivity contribution in [2.75, 3.05) is 0 Å². The van der Waals surface area contributed by atoms with Crippen LogP contribution in [-0.4, -0.2) is 10.8 Å². The summed E-state index contributed by atoms with van der Waals surface area (Å²) in [6, 6.07) is 4.26. The summed E-state index contributed by atoms with van der Waals surface area (Å²) in [5, 5.41) is 10.8. The number of benzene rings is 1. The van der Waals surface area contributed by atoms with Crippen LogP contribution in [0.25, 0.3) is 0 Å². The SMILES string of the molecule is CCCCCCCCCCc1cc([N+](=O)[O-])ccc1C(N)=O. The maximum absolute atomic E-state index is 11.4. The average molecular weight is 306 g/mol. The molecular formula is C17H26N2O3. The van der Waals surface area contributed by atoms with E-state index in [1.807, 2.05) is 0 Å². The van der Waals surface area contributed by atoms with E-state index in [1.54, 1.807) is 0 Å². The van der Waals surface area contributed by atoms with Gasteiger partial charge in [-0.1, -0.05) is 51.9 Å².